The lowest BCUT2D eigenvalue weighted by atomic mass is 10.1. The Labute approximate surface area is 87.9 Å². The Morgan fingerprint density at radius 2 is 2.20 bits per heavy atom. The summed E-state index contributed by atoms with van der Waals surface area (Å²) < 4.78 is 1.61. The Morgan fingerprint density at radius 3 is 2.93 bits per heavy atom. The normalized spacial score (nSPS) is 9.87. The number of hydrogen-bond donors (Lipinski definition) is 0. The lowest BCUT2D eigenvalue weighted by Crippen LogP contribution is -2.01. The fourth-order valence-electron chi connectivity index (χ4n) is 1.41. The predicted octanol–water partition coefficient (Wildman–Crippen LogP) is 1.28. The van der Waals surface area contributed by atoms with E-state index in [2.05, 4.69) is 21.4 Å². The maximum absolute atomic E-state index is 5.24. The van der Waals surface area contributed by atoms with E-state index in [4.69, 9.17) is 6.42 Å². The van der Waals surface area contributed by atoms with Crippen LogP contribution >= 0.6 is 0 Å². The third kappa shape index (κ3) is 1.72. The van der Waals surface area contributed by atoms with E-state index in [0.717, 1.165) is 11.1 Å². The van der Waals surface area contributed by atoms with E-state index in [1.54, 1.807) is 4.68 Å². The standard InChI is InChI=1S/C11H10N4/c1-3-8-15-11(12-13-14-15)10-7-5-4-6-9(10)2/h1,4-7H,8H2,2H3. The second-order valence-electron chi connectivity index (χ2n) is 3.18. The highest BCUT2D eigenvalue weighted by molar-refractivity contribution is 5.59. The maximum Gasteiger partial charge on any atom is 0.183 e. The number of benzene rings is 1. The summed E-state index contributed by atoms with van der Waals surface area (Å²) in [6.45, 7) is 2.40. The fraction of sp³-hybridized carbons (Fsp3) is 0.182. The minimum atomic E-state index is 0.386. The molecular formula is C11H10N4. The van der Waals surface area contributed by atoms with Gasteiger partial charge in [-0.15, -0.1) is 11.5 Å². The van der Waals surface area contributed by atoms with Crippen LogP contribution in [0.4, 0.5) is 0 Å². The maximum atomic E-state index is 5.24. The van der Waals surface area contributed by atoms with E-state index in [0.29, 0.717) is 12.4 Å². The molecule has 74 valence electrons. The van der Waals surface area contributed by atoms with E-state index >= 15 is 0 Å². The summed E-state index contributed by atoms with van der Waals surface area (Å²) in [5.41, 5.74) is 2.14. The Balaban J connectivity index is 2.51. The first kappa shape index (κ1) is 9.41. The lowest BCUT2D eigenvalue weighted by Gasteiger charge is -2.03. The van der Waals surface area contributed by atoms with Gasteiger partial charge in [-0.2, -0.15) is 0 Å². The van der Waals surface area contributed by atoms with Crippen molar-refractivity contribution in [3.8, 4) is 23.7 Å². The highest BCUT2D eigenvalue weighted by atomic mass is 15.5. The number of terminal acetylenes is 1. The van der Waals surface area contributed by atoms with Gasteiger partial charge in [0.1, 0.15) is 6.54 Å². The minimum Gasteiger partial charge on any atom is -0.213 e. The van der Waals surface area contributed by atoms with Crippen LogP contribution in [0.1, 0.15) is 5.56 Å². The zero-order chi connectivity index (χ0) is 10.7. The zero-order valence-electron chi connectivity index (χ0n) is 8.38. The molecule has 15 heavy (non-hydrogen) atoms. The van der Waals surface area contributed by atoms with Gasteiger partial charge in [-0.05, 0) is 22.9 Å². The smallest absolute Gasteiger partial charge is 0.183 e. The van der Waals surface area contributed by atoms with Crippen molar-refractivity contribution in [3.05, 3.63) is 29.8 Å². The van der Waals surface area contributed by atoms with Gasteiger partial charge in [-0.1, -0.05) is 30.2 Å². The Bertz CT molecular complexity index is 507. The van der Waals surface area contributed by atoms with Crippen LogP contribution in [0.25, 0.3) is 11.4 Å². The van der Waals surface area contributed by atoms with Crippen molar-refractivity contribution in [3.63, 3.8) is 0 Å². The number of nitrogens with zero attached hydrogens (tertiary/aromatic N) is 4. The molecule has 0 bridgehead atoms. The number of aromatic nitrogens is 4. The van der Waals surface area contributed by atoms with E-state index in [1.807, 2.05) is 31.2 Å². The summed E-state index contributed by atoms with van der Waals surface area (Å²) in [5.74, 6) is 3.23. The minimum absolute atomic E-state index is 0.386. The second-order valence-corrected chi connectivity index (χ2v) is 3.18. The Kier molecular flexibility index (Phi) is 2.46. The number of rotatable bonds is 2. The van der Waals surface area contributed by atoms with Gasteiger partial charge >= 0.3 is 0 Å². The highest BCUT2D eigenvalue weighted by Crippen LogP contribution is 2.19. The zero-order valence-corrected chi connectivity index (χ0v) is 8.38. The van der Waals surface area contributed by atoms with Gasteiger partial charge in [-0.25, -0.2) is 4.68 Å². The summed E-state index contributed by atoms with van der Waals surface area (Å²) in [5, 5.41) is 11.4. The van der Waals surface area contributed by atoms with Gasteiger partial charge < -0.3 is 0 Å². The molecular weight excluding hydrogens is 188 g/mol. The third-order valence-electron chi connectivity index (χ3n) is 2.16. The van der Waals surface area contributed by atoms with E-state index in [9.17, 15) is 0 Å². The summed E-state index contributed by atoms with van der Waals surface area (Å²) >= 11 is 0. The largest absolute Gasteiger partial charge is 0.213 e. The van der Waals surface area contributed by atoms with Crippen LogP contribution in [0.2, 0.25) is 0 Å². The number of hydrogen-bond acceptors (Lipinski definition) is 3. The molecule has 0 N–H and O–H groups in total. The summed E-state index contributed by atoms with van der Waals surface area (Å²) in [4.78, 5) is 0. The van der Waals surface area contributed by atoms with Crippen molar-refractivity contribution in [2.45, 2.75) is 13.5 Å². The molecule has 0 radical (unpaired) electrons. The fourth-order valence-corrected chi connectivity index (χ4v) is 1.41. The van der Waals surface area contributed by atoms with Gasteiger partial charge in [-0.3, -0.25) is 0 Å². The second kappa shape index (κ2) is 3.93. The molecule has 0 unspecified atom stereocenters. The molecule has 2 aromatic rings. The molecule has 4 nitrogen and oxygen atoms in total. The first-order chi connectivity index (χ1) is 7.33. The van der Waals surface area contributed by atoms with Gasteiger partial charge in [0.2, 0.25) is 0 Å². The topological polar surface area (TPSA) is 43.6 Å². The Hall–Kier alpha value is -2.15. The van der Waals surface area contributed by atoms with Crippen molar-refractivity contribution >= 4 is 0 Å². The van der Waals surface area contributed by atoms with Crippen LogP contribution in [0, 0.1) is 19.3 Å². The first-order valence-electron chi connectivity index (χ1n) is 4.58. The molecule has 1 aromatic heterocycles. The molecule has 4 heteroatoms. The van der Waals surface area contributed by atoms with Crippen molar-refractivity contribution in [1.29, 1.82) is 0 Å². The number of aryl methyl sites for hydroxylation is 1. The third-order valence-corrected chi connectivity index (χ3v) is 2.16. The van der Waals surface area contributed by atoms with Crippen LogP contribution in [0.3, 0.4) is 0 Å². The van der Waals surface area contributed by atoms with E-state index in [1.165, 1.54) is 0 Å². The molecule has 0 amide bonds. The highest BCUT2D eigenvalue weighted by Gasteiger charge is 2.09. The molecule has 0 saturated carbocycles. The molecule has 0 saturated heterocycles. The summed E-state index contributed by atoms with van der Waals surface area (Å²) in [6, 6.07) is 7.93. The van der Waals surface area contributed by atoms with Gasteiger partial charge in [0, 0.05) is 5.56 Å². The lowest BCUT2D eigenvalue weighted by molar-refractivity contribution is 0.675. The molecule has 2 rings (SSSR count). The van der Waals surface area contributed by atoms with E-state index < -0.39 is 0 Å². The van der Waals surface area contributed by atoms with Crippen LogP contribution < -0.4 is 0 Å². The monoisotopic (exact) mass is 198 g/mol. The van der Waals surface area contributed by atoms with E-state index in [-0.39, 0.29) is 0 Å². The van der Waals surface area contributed by atoms with Crippen molar-refractivity contribution in [2.75, 3.05) is 0 Å². The van der Waals surface area contributed by atoms with Crippen LogP contribution in [-0.4, -0.2) is 20.2 Å². The number of tetrazole rings is 1. The summed E-state index contributed by atoms with van der Waals surface area (Å²) in [6.07, 6.45) is 5.24. The van der Waals surface area contributed by atoms with Crippen molar-refractivity contribution < 1.29 is 0 Å². The SMILES string of the molecule is C#CCn1nnnc1-c1ccccc1C. The molecule has 0 aliphatic rings. The quantitative estimate of drug-likeness (QED) is 0.683. The first-order valence-corrected chi connectivity index (χ1v) is 4.58. The van der Waals surface area contributed by atoms with Gasteiger partial charge in [0.15, 0.2) is 5.82 Å². The molecule has 0 atom stereocenters. The molecule has 1 heterocycles. The van der Waals surface area contributed by atoms with Crippen LogP contribution in [0.15, 0.2) is 24.3 Å². The van der Waals surface area contributed by atoms with Gasteiger partial charge in [0.25, 0.3) is 0 Å². The molecule has 0 fully saturated rings. The van der Waals surface area contributed by atoms with Crippen molar-refractivity contribution in [1.82, 2.24) is 20.2 Å². The predicted molar refractivity (Wildman–Crippen MR) is 56.8 cm³/mol. The molecule has 1 aromatic carbocycles. The average Bonchev–Trinajstić information content (AvgIpc) is 2.67. The summed E-state index contributed by atoms with van der Waals surface area (Å²) in [7, 11) is 0. The van der Waals surface area contributed by atoms with Crippen LogP contribution in [-0.2, 0) is 6.54 Å². The van der Waals surface area contributed by atoms with Gasteiger partial charge in [0.05, 0.1) is 0 Å². The Morgan fingerprint density at radius 1 is 1.40 bits per heavy atom. The van der Waals surface area contributed by atoms with Crippen LogP contribution in [0.5, 0.6) is 0 Å². The molecule has 0 spiro atoms. The molecule has 0 aliphatic heterocycles. The van der Waals surface area contributed by atoms with Crippen molar-refractivity contribution in [2.24, 2.45) is 0 Å². The molecule has 0 aliphatic carbocycles. The average molecular weight is 198 g/mol.